The van der Waals surface area contributed by atoms with E-state index >= 15 is 0 Å². The van der Waals surface area contributed by atoms with Gasteiger partial charge in [-0.25, -0.2) is 13.2 Å². The average molecular weight is 310 g/mol. The number of anilines is 1. The fraction of sp³-hybridized carbons (Fsp3) is 0.231. The minimum absolute atomic E-state index is 0.0316. The first-order chi connectivity index (χ1) is 9.74. The van der Waals surface area contributed by atoms with Crippen molar-refractivity contribution in [2.75, 3.05) is 4.72 Å². The number of furan rings is 1. The summed E-state index contributed by atoms with van der Waals surface area (Å²) in [5.74, 6) is -1.27. The smallest absolute Gasteiger partial charge is 0.340 e. The van der Waals surface area contributed by atoms with Gasteiger partial charge in [0.1, 0.15) is 22.0 Å². The van der Waals surface area contributed by atoms with Crippen molar-refractivity contribution in [2.45, 2.75) is 25.7 Å². The van der Waals surface area contributed by atoms with Crippen LogP contribution in [0.5, 0.6) is 0 Å². The number of nitrogens with one attached hydrogen (secondary N) is 1. The summed E-state index contributed by atoms with van der Waals surface area (Å²) in [5.41, 5.74) is 0.599. The molecule has 0 radical (unpaired) electrons. The average Bonchev–Trinajstić information content (AvgIpc) is 2.67. The maximum absolute atomic E-state index is 12.5. The zero-order valence-corrected chi connectivity index (χ0v) is 12.5. The minimum Gasteiger partial charge on any atom is -0.478 e. The summed E-state index contributed by atoms with van der Waals surface area (Å²) in [4.78, 5) is 14.8. The lowest BCUT2D eigenvalue weighted by atomic mass is 10.2. The molecule has 0 aliphatic heterocycles. The third kappa shape index (κ3) is 2.75. The van der Waals surface area contributed by atoms with Gasteiger partial charge in [0, 0.05) is 12.4 Å². The summed E-state index contributed by atoms with van der Waals surface area (Å²) in [6.45, 7) is 4.51. The number of hydrogen-bond donors (Lipinski definition) is 2. The molecule has 0 aliphatic rings. The third-order valence-electron chi connectivity index (χ3n) is 2.95. The molecule has 0 saturated carbocycles. The second kappa shape index (κ2) is 5.21. The van der Waals surface area contributed by atoms with Gasteiger partial charge in [-0.3, -0.25) is 9.71 Å². The van der Waals surface area contributed by atoms with Crippen LogP contribution in [-0.4, -0.2) is 24.5 Å². The molecule has 2 aromatic heterocycles. The highest BCUT2D eigenvalue weighted by Crippen LogP contribution is 2.28. The van der Waals surface area contributed by atoms with Crippen molar-refractivity contribution >= 4 is 21.7 Å². The molecule has 2 N–H and O–H groups in total. The van der Waals surface area contributed by atoms with Gasteiger partial charge in [0.05, 0.1) is 5.69 Å². The highest BCUT2D eigenvalue weighted by Gasteiger charge is 2.31. The number of carbonyl (C=O) groups is 1. The number of rotatable bonds is 4. The van der Waals surface area contributed by atoms with Gasteiger partial charge in [0.15, 0.2) is 0 Å². The van der Waals surface area contributed by atoms with Gasteiger partial charge in [-0.05, 0) is 32.4 Å². The fourth-order valence-corrected chi connectivity index (χ4v) is 3.56. The number of aromatic nitrogens is 1. The number of aryl methyl sites for hydroxylation is 3. The Kier molecular flexibility index (Phi) is 3.73. The maximum atomic E-state index is 12.5. The van der Waals surface area contributed by atoms with Crippen LogP contribution in [0.2, 0.25) is 0 Å². The Bertz CT molecular complexity index is 808. The Morgan fingerprint density at radius 3 is 2.52 bits per heavy atom. The van der Waals surface area contributed by atoms with Gasteiger partial charge in [-0.1, -0.05) is 0 Å². The third-order valence-corrected chi connectivity index (χ3v) is 4.47. The Morgan fingerprint density at radius 1 is 1.29 bits per heavy atom. The van der Waals surface area contributed by atoms with E-state index in [-0.39, 0.29) is 22.0 Å². The van der Waals surface area contributed by atoms with Gasteiger partial charge in [-0.15, -0.1) is 0 Å². The first kappa shape index (κ1) is 15.0. The number of hydrogen-bond acceptors (Lipinski definition) is 5. The molecule has 0 aliphatic carbocycles. The molecule has 7 nitrogen and oxygen atoms in total. The maximum Gasteiger partial charge on any atom is 0.340 e. The highest BCUT2D eigenvalue weighted by molar-refractivity contribution is 7.92. The van der Waals surface area contributed by atoms with Crippen LogP contribution >= 0.6 is 0 Å². The van der Waals surface area contributed by atoms with Crippen molar-refractivity contribution in [1.29, 1.82) is 0 Å². The Balaban J connectivity index is 2.56. The van der Waals surface area contributed by atoms with E-state index in [1.54, 1.807) is 6.92 Å². The summed E-state index contributed by atoms with van der Waals surface area (Å²) in [5, 5.41) is 9.18. The van der Waals surface area contributed by atoms with E-state index in [9.17, 15) is 18.3 Å². The van der Waals surface area contributed by atoms with Crippen molar-refractivity contribution in [3.63, 3.8) is 0 Å². The first-order valence-electron chi connectivity index (χ1n) is 6.00. The van der Waals surface area contributed by atoms with Crippen LogP contribution in [0.15, 0.2) is 27.8 Å². The molecular weight excluding hydrogens is 296 g/mol. The zero-order chi connectivity index (χ0) is 15.8. The lowest BCUT2D eigenvalue weighted by molar-refractivity contribution is 0.0691. The van der Waals surface area contributed by atoms with Gasteiger partial charge in [-0.2, -0.15) is 0 Å². The monoisotopic (exact) mass is 310 g/mol. The van der Waals surface area contributed by atoms with E-state index in [1.165, 1.54) is 32.3 Å². The lowest BCUT2D eigenvalue weighted by Gasteiger charge is -2.10. The van der Waals surface area contributed by atoms with Crippen LogP contribution in [-0.2, 0) is 10.0 Å². The van der Waals surface area contributed by atoms with Crippen molar-refractivity contribution in [3.05, 3.63) is 41.1 Å². The van der Waals surface area contributed by atoms with Crippen LogP contribution < -0.4 is 4.72 Å². The van der Waals surface area contributed by atoms with Gasteiger partial charge >= 0.3 is 5.97 Å². The number of nitrogens with zero attached hydrogens (tertiary/aromatic N) is 1. The quantitative estimate of drug-likeness (QED) is 0.895. The molecule has 0 aromatic carbocycles. The van der Waals surface area contributed by atoms with Crippen LogP contribution in [0.3, 0.4) is 0 Å². The van der Waals surface area contributed by atoms with E-state index < -0.39 is 16.0 Å². The van der Waals surface area contributed by atoms with Crippen LogP contribution in [0.4, 0.5) is 5.69 Å². The van der Waals surface area contributed by atoms with Crippen LogP contribution in [0, 0.1) is 20.8 Å². The molecule has 2 heterocycles. The normalized spacial score (nSPS) is 11.4. The van der Waals surface area contributed by atoms with Crippen molar-refractivity contribution in [2.24, 2.45) is 0 Å². The SMILES string of the molecule is Cc1cnccc1NS(=O)(=O)c1c(C)oc(C)c1C(=O)O. The van der Waals surface area contributed by atoms with E-state index in [4.69, 9.17) is 4.42 Å². The number of aromatic carboxylic acids is 1. The zero-order valence-electron chi connectivity index (χ0n) is 11.7. The van der Waals surface area contributed by atoms with E-state index in [0.29, 0.717) is 11.3 Å². The predicted octanol–water partition coefficient (Wildman–Crippen LogP) is 2.10. The molecule has 2 rings (SSSR count). The molecule has 0 fully saturated rings. The highest BCUT2D eigenvalue weighted by atomic mass is 32.2. The summed E-state index contributed by atoms with van der Waals surface area (Å²) >= 11 is 0. The molecule has 112 valence electrons. The van der Waals surface area contributed by atoms with Gasteiger partial charge in [0.25, 0.3) is 10.0 Å². The molecule has 0 saturated heterocycles. The summed E-state index contributed by atoms with van der Waals surface area (Å²) in [6, 6.07) is 1.50. The Labute approximate surface area is 121 Å². The molecule has 0 atom stereocenters. The van der Waals surface area contributed by atoms with Crippen molar-refractivity contribution in [3.8, 4) is 0 Å². The molecule has 0 unspecified atom stereocenters. The Hall–Kier alpha value is -2.35. The van der Waals surface area contributed by atoms with Crippen molar-refractivity contribution < 1.29 is 22.7 Å². The minimum atomic E-state index is -4.07. The largest absolute Gasteiger partial charge is 0.478 e. The summed E-state index contributed by atoms with van der Waals surface area (Å²) in [6.07, 6.45) is 2.94. The topological polar surface area (TPSA) is 110 Å². The van der Waals surface area contributed by atoms with E-state index in [2.05, 4.69) is 9.71 Å². The molecule has 0 amide bonds. The van der Waals surface area contributed by atoms with Crippen molar-refractivity contribution in [1.82, 2.24) is 4.98 Å². The number of sulfonamides is 1. The second-order valence-corrected chi connectivity index (χ2v) is 6.14. The standard InChI is InChI=1S/C13H14N2O5S/c1-7-6-14-5-4-10(7)15-21(18,19)12-9(3)20-8(2)11(12)13(16)17/h4-6H,1-3H3,(H,14,15)(H,16,17). The lowest BCUT2D eigenvalue weighted by Crippen LogP contribution is -2.17. The number of carboxylic acids is 1. The van der Waals surface area contributed by atoms with E-state index in [0.717, 1.165) is 0 Å². The molecule has 0 spiro atoms. The second-order valence-electron chi connectivity index (χ2n) is 4.52. The molecule has 21 heavy (non-hydrogen) atoms. The summed E-state index contributed by atoms with van der Waals surface area (Å²) < 4.78 is 32.4. The molecule has 8 heteroatoms. The molecule has 0 bridgehead atoms. The fourth-order valence-electron chi connectivity index (χ4n) is 2.02. The first-order valence-corrected chi connectivity index (χ1v) is 7.49. The van der Waals surface area contributed by atoms with Gasteiger partial charge < -0.3 is 9.52 Å². The predicted molar refractivity (Wildman–Crippen MR) is 74.9 cm³/mol. The number of pyridine rings is 1. The van der Waals surface area contributed by atoms with Gasteiger partial charge in [0.2, 0.25) is 0 Å². The van der Waals surface area contributed by atoms with Crippen LogP contribution in [0.25, 0.3) is 0 Å². The summed E-state index contributed by atoms with van der Waals surface area (Å²) in [7, 11) is -4.07. The number of carboxylic acid groups (broad SMARTS) is 1. The Morgan fingerprint density at radius 2 is 1.95 bits per heavy atom. The van der Waals surface area contributed by atoms with E-state index in [1.807, 2.05) is 0 Å². The molecular formula is C13H14N2O5S. The van der Waals surface area contributed by atoms with Crippen LogP contribution in [0.1, 0.15) is 27.4 Å². The molecule has 2 aromatic rings.